The number of pyridine rings is 3. The number of rotatable bonds is 9. The number of aromatic nitrogens is 3. The number of fused-ring (bicyclic) bond motifs is 1. The van der Waals surface area contributed by atoms with Crippen LogP contribution in [0.3, 0.4) is 0 Å². The van der Waals surface area contributed by atoms with Gasteiger partial charge in [0, 0.05) is 29.5 Å². The van der Waals surface area contributed by atoms with E-state index in [1.165, 1.54) is 11.1 Å². The first-order valence-corrected chi connectivity index (χ1v) is 13.0. The number of hydrogen-bond donors (Lipinski definition) is 2. The normalized spacial score (nSPS) is 10.9. The first-order chi connectivity index (χ1) is 18.5. The third-order valence-electron chi connectivity index (χ3n) is 7.02. The molecule has 0 saturated carbocycles. The molecule has 2 aromatic carbocycles. The van der Waals surface area contributed by atoms with Gasteiger partial charge in [0.15, 0.2) is 0 Å². The molecule has 38 heavy (non-hydrogen) atoms. The molecule has 0 spiro atoms. The SMILES string of the molecule is CB(Cc1ccccc1)N(B(C)Cc1ccccc1)c1nc(-c2cnccc2CO)cc2cc(N)ncc12. The highest BCUT2D eigenvalue weighted by Crippen LogP contribution is 2.33. The van der Waals surface area contributed by atoms with E-state index in [9.17, 15) is 5.11 Å². The standard InChI is InChI=1S/C30H31B2N5O/c1-31(17-22-9-5-3-6-10-22)37(32(2)18-23-11-7-4-8-12-23)30-27-20-35-29(33)16-25(27)15-28(36-30)26-19-34-14-13-24(26)21-38/h3-16,19-20,38H,17-18,21H2,1-2H3,(H2,33,35). The highest BCUT2D eigenvalue weighted by atomic mass is 16.3. The Morgan fingerprint density at radius 2 is 1.47 bits per heavy atom. The number of aliphatic hydroxyl groups is 1. The molecule has 0 fully saturated rings. The van der Waals surface area contributed by atoms with Crippen molar-refractivity contribution in [2.75, 3.05) is 10.5 Å². The Hall–Kier alpha value is -4.16. The largest absolute Gasteiger partial charge is 0.444 e. The molecule has 0 bridgehead atoms. The van der Waals surface area contributed by atoms with Gasteiger partial charge in [0.05, 0.1) is 12.3 Å². The minimum Gasteiger partial charge on any atom is -0.444 e. The van der Waals surface area contributed by atoms with Crippen LogP contribution in [0.1, 0.15) is 16.7 Å². The molecule has 0 aliphatic carbocycles. The summed E-state index contributed by atoms with van der Waals surface area (Å²) in [5, 5.41) is 11.9. The van der Waals surface area contributed by atoms with Gasteiger partial charge in [-0.15, -0.1) is 0 Å². The van der Waals surface area contributed by atoms with Crippen LogP contribution in [0.25, 0.3) is 22.0 Å². The Morgan fingerprint density at radius 3 is 2.08 bits per heavy atom. The molecule has 0 amide bonds. The Morgan fingerprint density at radius 1 is 0.842 bits per heavy atom. The zero-order valence-electron chi connectivity index (χ0n) is 21.8. The summed E-state index contributed by atoms with van der Waals surface area (Å²) in [6.45, 7) is 4.70. The van der Waals surface area contributed by atoms with E-state index in [-0.39, 0.29) is 20.3 Å². The van der Waals surface area contributed by atoms with E-state index >= 15 is 0 Å². The van der Waals surface area contributed by atoms with Crippen LogP contribution in [0.15, 0.2) is 97.5 Å². The van der Waals surface area contributed by atoms with Crippen LogP contribution in [0.2, 0.25) is 13.6 Å². The van der Waals surface area contributed by atoms with Crippen LogP contribution in [0.4, 0.5) is 11.6 Å². The molecule has 6 nitrogen and oxygen atoms in total. The molecule has 5 rings (SSSR count). The number of anilines is 2. The summed E-state index contributed by atoms with van der Waals surface area (Å²) in [5.74, 6) is 1.31. The van der Waals surface area contributed by atoms with Crippen molar-refractivity contribution >= 4 is 36.1 Å². The second kappa shape index (κ2) is 11.5. The lowest BCUT2D eigenvalue weighted by atomic mass is 9.45. The number of nitrogens with two attached hydrogens (primary N) is 1. The zero-order valence-corrected chi connectivity index (χ0v) is 21.8. The van der Waals surface area contributed by atoms with E-state index in [0.29, 0.717) is 5.82 Å². The second-order valence-electron chi connectivity index (χ2n) is 9.84. The van der Waals surface area contributed by atoms with Crippen molar-refractivity contribution in [2.45, 2.75) is 32.9 Å². The van der Waals surface area contributed by atoms with E-state index < -0.39 is 0 Å². The maximum atomic E-state index is 10.0. The molecular weight excluding hydrogens is 468 g/mol. The van der Waals surface area contributed by atoms with Crippen molar-refractivity contribution in [3.8, 4) is 11.3 Å². The molecule has 0 aliphatic rings. The highest BCUT2D eigenvalue weighted by molar-refractivity contribution is 6.82. The molecule has 0 saturated heterocycles. The van der Waals surface area contributed by atoms with E-state index in [1.807, 2.05) is 36.5 Å². The maximum absolute atomic E-state index is 10.0. The third kappa shape index (κ3) is 5.55. The minimum absolute atomic E-state index is 0.0933. The molecule has 188 valence electrons. The van der Waals surface area contributed by atoms with Gasteiger partial charge in [0.2, 0.25) is 13.7 Å². The fraction of sp³-hybridized carbons (Fsp3) is 0.167. The number of nitrogen functional groups attached to an aromatic ring is 1. The quantitative estimate of drug-likeness (QED) is 0.265. The van der Waals surface area contributed by atoms with E-state index in [2.05, 4.69) is 76.9 Å². The topological polar surface area (TPSA) is 88.2 Å². The van der Waals surface area contributed by atoms with Crippen molar-refractivity contribution < 1.29 is 5.11 Å². The van der Waals surface area contributed by atoms with Crippen molar-refractivity contribution in [3.63, 3.8) is 0 Å². The molecule has 8 heteroatoms. The lowest BCUT2D eigenvalue weighted by Crippen LogP contribution is -2.50. The summed E-state index contributed by atoms with van der Waals surface area (Å²) >= 11 is 0. The lowest BCUT2D eigenvalue weighted by molar-refractivity contribution is 0.282. The Labute approximate surface area is 224 Å². The minimum atomic E-state index is -0.0933. The molecule has 0 unspecified atom stereocenters. The van der Waals surface area contributed by atoms with E-state index in [0.717, 1.165) is 46.1 Å². The highest BCUT2D eigenvalue weighted by Gasteiger charge is 2.30. The summed E-state index contributed by atoms with van der Waals surface area (Å²) in [5.41, 5.74) is 11.0. The molecule has 3 N–H and O–H groups in total. The van der Waals surface area contributed by atoms with E-state index in [1.54, 1.807) is 12.4 Å². The van der Waals surface area contributed by atoms with Crippen LogP contribution in [-0.2, 0) is 19.2 Å². The summed E-state index contributed by atoms with van der Waals surface area (Å²) in [4.78, 5) is 14.0. The fourth-order valence-electron chi connectivity index (χ4n) is 5.23. The van der Waals surface area contributed by atoms with Crippen LogP contribution >= 0.6 is 0 Å². The van der Waals surface area contributed by atoms with Crippen LogP contribution in [0, 0.1) is 0 Å². The predicted molar refractivity (Wildman–Crippen MR) is 159 cm³/mol. The number of aliphatic hydroxyl groups excluding tert-OH is 1. The Balaban J connectivity index is 1.67. The summed E-state index contributed by atoms with van der Waals surface area (Å²) in [6.07, 6.45) is 7.01. The van der Waals surface area contributed by atoms with Gasteiger partial charge in [-0.05, 0) is 41.8 Å². The number of benzene rings is 2. The summed E-state index contributed by atoms with van der Waals surface area (Å²) in [6, 6.07) is 26.8. The van der Waals surface area contributed by atoms with Gasteiger partial charge in [-0.2, -0.15) is 0 Å². The van der Waals surface area contributed by atoms with Crippen molar-refractivity contribution in [2.24, 2.45) is 0 Å². The third-order valence-corrected chi connectivity index (χ3v) is 7.02. The molecule has 0 atom stereocenters. The lowest BCUT2D eigenvalue weighted by Gasteiger charge is -2.35. The van der Waals surface area contributed by atoms with Gasteiger partial charge in [-0.25, -0.2) is 9.97 Å². The second-order valence-corrected chi connectivity index (χ2v) is 9.84. The molecule has 3 heterocycles. The monoisotopic (exact) mass is 499 g/mol. The predicted octanol–water partition coefficient (Wildman–Crippen LogP) is 5.38. The van der Waals surface area contributed by atoms with Gasteiger partial charge in [0.25, 0.3) is 0 Å². The zero-order chi connectivity index (χ0) is 26.5. The van der Waals surface area contributed by atoms with Gasteiger partial charge in [0.1, 0.15) is 11.6 Å². The van der Waals surface area contributed by atoms with Crippen LogP contribution in [-0.4, -0.2) is 33.8 Å². The average molecular weight is 499 g/mol. The van der Waals surface area contributed by atoms with Crippen LogP contribution < -0.4 is 10.5 Å². The van der Waals surface area contributed by atoms with E-state index in [4.69, 9.17) is 10.7 Å². The van der Waals surface area contributed by atoms with Gasteiger partial charge < -0.3 is 15.6 Å². The van der Waals surface area contributed by atoms with Crippen molar-refractivity contribution in [1.82, 2.24) is 15.0 Å². The summed E-state index contributed by atoms with van der Waals surface area (Å²) in [7, 11) is 0. The fourth-order valence-corrected chi connectivity index (χ4v) is 5.23. The van der Waals surface area contributed by atoms with Gasteiger partial charge in [-0.1, -0.05) is 85.4 Å². The molecular formula is C30H31B2N5O. The molecule has 5 aromatic rings. The van der Waals surface area contributed by atoms with Crippen LogP contribution in [0.5, 0.6) is 0 Å². The first-order valence-electron chi connectivity index (χ1n) is 13.0. The molecule has 0 aliphatic heterocycles. The van der Waals surface area contributed by atoms with Gasteiger partial charge in [-0.3, -0.25) is 4.98 Å². The van der Waals surface area contributed by atoms with Crippen molar-refractivity contribution in [1.29, 1.82) is 0 Å². The maximum Gasteiger partial charge on any atom is 0.243 e. The van der Waals surface area contributed by atoms with Crippen molar-refractivity contribution in [3.05, 3.63) is 114 Å². The Bertz CT molecular complexity index is 1470. The number of nitrogens with zero attached hydrogens (tertiary/aromatic N) is 4. The smallest absolute Gasteiger partial charge is 0.243 e. The molecule has 3 aromatic heterocycles. The summed E-state index contributed by atoms with van der Waals surface area (Å²) < 4.78 is 2.42. The van der Waals surface area contributed by atoms with Gasteiger partial charge >= 0.3 is 0 Å². The number of hydrogen-bond acceptors (Lipinski definition) is 6. The Kier molecular flexibility index (Phi) is 7.70. The molecule has 0 radical (unpaired) electrons. The first kappa shape index (κ1) is 25.5. The average Bonchev–Trinajstić information content (AvgIpc) is 2.94.